The van der Waals surface area contributed by atoms with Gasteiger partial charge >= 0.3 is 6.03 Å². The molecule has 0 heterocycles. The fourth-order valence-corrected chi connectivity index (χ4v) is 2.40. The molecule has 128 valence electrons. The molecule has 2 amide bonds. The average molecular weight is 328 g/mol. The smallest absolute Gasteiger partial charge is 0.319 e. The molecule has 0 aliphatic rings. The van der Waals surface area contributed by atoms with Crippen LogP contribution in [0.1, 0.15) is 18.9 Å². The van der Waals surface area contributed by atoms with Crippen LogP contribution in [0.4, 0.5) is 10.5 Å². The van der Waals surface area contributed by atoms with Gasteiger partial charge in [0.15, 0.2) is 0 Å². The predicted molar refractivity (Wildman–Crippen MR) is 95.9 cm³/mol. The van der Waals surface area contributed by atoms with Crippen molar-refractivity contribution in [2.75, 3.05) is 25.6 Å². The monoisotopic (exact) mass is 328 g/mol. The van der Waals surface area contributed by atoms with Gasteiger partial charge in [-0.15, -0.1) is 0 Å². The lowest BCUT2D eigenvalue weighted by Crippen LogP contribution is -2.29. The number of aryl methyl sites for hydroxylation is 1. The molecule has 0 spiro atoms. The van der Waals surface area contributed by atoms with Gasteiger partial charge in [-0.25, -0.2) is 4.79 Å². The first-order chi connectivity index (χ1) is 11.7. The summed E-state index contributed by atoms with van der Waals surface area (Å²) in [6.45, 7) is 3.21. The van der Waals surface area contributed by atoms with Gasteiger partial charge in [-0.05, 0) is 43.5 Å². The lowest BCUT2D eigenvalue weighted by Gasteiger charge is -2.12. The van der Waals surface area contributed by atoms with Crippen LogP contribution in [0.3, 0.4) is 0 Å². The molecule has 5 nitrogen and oxygen atoms in total. The van der Waals surface area contributed by atoms with Crippen molar-refractivity contribution in [2.45, 2.75) is 19.8 Å². The zero-order valence-electron chi connectivity index (χ0n) is 14.2. The van der Waals surface area contributed by atoms with E-state index in [0.717, 1.165) is 24.2 Å². The largest absolute Gasteiger partial charge is 0.495 e. The summed E-state index contributed by atoms with van der Waals surface area (Å²) in [6, 6.07) is 15.1. The van der Waals surface area contributed by atoms with E-state index in [1.165, 1.54) is 0 Å². The number of methoxy groups -OCH3 is 1. The Labute approximate surface area is 143 Å². The van der Waals surface area contributed by atoms with Crippen molar-refractivity contribution in [2.24, 2.45) is 0 Å². The first kappa shape index (κ1) is 17.7. The molecule has 0 radical (unpaired) electrons. The third kappa shape index (κ3) is 5.19. The van der Waals surface area contributed by atoms with Gasteiger partial charge in [-0.3, -0.25) is 0 Å². The minimum atomic E-state index is -0.238. The number of urea groups is 1. The van der Waals surface area contributed by atoms with Gasteiger partial charge in [0.05, 0.1) is 19.4 Å². The lowest BCUT2D eigenvalue weighted by atomic mass is 10.1. The Kier molecular flexibility index (Phi) is 6.95. The Morgan fingerprint density at radius 2 is 1.75 bits per heavy atom. The van der Waals surface area contributed by atoms with E-state index in [1.54, 1.807) is 19.2 Å². The van der Waals surface area contributed by atoms with E-state index in [9.17, 15) is 4.79 Å². The van der Waals surface area contributed by atoms with Gasteiger partial charge in [0.2, 0.25) is 0 Å². The maximum atomic E-state index is 12.0. The third-order valence-electron chi connectivity index (χ3n) is 3.54. The van der Waals surface area contributed by atoms with Crippen LogP contribution in [0.5, 0.6) is 11.5 Å². The zero-order chi connectivity index (χ0) is 17.2. The summed E-state index contributed by atoms with van der Waals surface area (Å²) in [5.41, 5.74) is 1.81. The Hall–Kier alpha value is -2.69. The Balaban J connectivity index is 1.77. The second-order valence-corrected chi connectivity index (χ2v) is 5.23. The van der Waals surface area contributed by atoms with Crippen molar-refractivity contribution < 1.29 is 14.3 Å². The van der Waals surface area contributed by atoms with Gasteiger partial charge in [-0.1, -0.05) is 30.3 Å². The quantitative estimate of drug-likeness (QED) is 0.724. The molecule has 0 aromatic heterocycles. The molecule has 2 rings (SSSR count). The molecule has 2 aromatic rings. The van der Waals surface area contributed by atoms with E-state index in [1.807, 2.05) is 37.3 Å². The van der Waals surface area contributed by atoms with E-state index >= 15 is 0 Å². The molecule has 0 saturated carbocycles. The number of nitrogens with one attached hydrogen (secondary N) is 2. The fourth-order valence-electron chi connectivity index (χ4n) is 2.40. The Morgan fingerprint density at radius 3 is 2.50 bits per heavy atom. The highest BCUT2D eigenvalue weighted by Crippen LogP contribution is 2.22. The van der Waals surface area contributed by atoms with Crippen molar-refractivity contribution in [1.29, 1.82) is 0 Å². The van der Waals surface area contributed by atoms with Crippen molar-refractivity contribution in [3.8, 4) is 11.5 Å². The summed E-state index contributed by atoms with van der Waals surface area (Å²) in [5.74, 6) is 1.55. The molecule has 0 saturated heterocycles. The van der Waals surface area contributed by atoms with Crippen LogP contribution in [0.25, 0.3) is 0 Å². The van der Waals surface area contributed by atoms with Gasteiger partial charge < -0.3 is 20.1 Å². The maximum absolute atomic E-state index is 12.0. The van der Waals surface area contributed by atoms with Gasteiger partial charge in [-0.2, -0.15) is 0 Å². The third-order valence-corrected chi connectivity index (χ3v) is 3.54. The second kappa shape index (κ2) is 9.45. The number of hydrogen-bond donors (Lipinski definition) is 2. The summed E-state index contributed by atoms with van der Waals surface area (Å²) in [5, 5.41) is 5.65. The topological polar surface area (TPSA) is 59.6 Å². The van der Waals surface area contributed by atoms with E-state index in [4.69, 9.17) is 9.47 Å². The predicted octanol–water partition coefficient (Wildman–Crippen LogP) is 3.85. The Bertz CT molecular complexity index is 659. The average Bonchev–Trinajstić information content (AvgIpc) is 2.61. The molecule has 0 aliphatic heterocycles. The molecular weight excluding hydrogens is 304 g/mol. The van der Waals surface area contributed by atoms with Crippen LogP contribution in [-0.4, -0.2) is 26.3 Å². The fraction of sp³-hybridized carbons (Fsp3) is 0.316. The first-order valence-electron chi connectivity index (χ1n) is 8.13. The van der Waals surface area contributed by atoms with Gasteiger partial charge in [0, 0.05) is 6.54 Å². The van der Waals surface area contributed by atoms with Crippen LogP contribution in [-0.2, 0) is 6.42 Å². The number of para-hydroxylation sites is 3. The highest BCUT2D eigenvalue weighted by atomic mass is 16.5. The highest BCUT2D eigenvalue weighted by Gasteiger charge is 2.06. The van der Waals surface area contributed by atoms with Crippen molar-refractivity contribution in [3.05, 3.63) is 54.1 Å². The molecule has 0 bridgehead atoms. The minimum absolute atomic E-state index is 0.238. The number of ether oxygens (including phenoxy) is 2. The highest BCUT2D eigenvalue weighted by molar-refractivity contribution is 5.90. The van der Waals surface area contributed by atoms with E-state index < -0.39 is 0 Å². The first-order valence-corrected chi connectivity index (χ1v) is 8.13. The SMILES string of the molecule is CCOc1ccccc1CCCNC(=O)Nc1ccccc1OC. The summed E-state index contributed by atoms with van der Waals surface area (Å²) in [4.78, 5) is 12.0. The number of rotatable bonds is 8. The van der Waals surface area contributed by atoms with Crippen LogP contribution in [0, 0.1) is 0 Å². The molecule has 0 atom stereocenters. The normalized spacial score (nSPS) is 10.1. The van der Waals surface area contributed by atoms with Crippen LogP contribution in [0.15, 0.2) is 48.5 Å². The number of carbonyl (C=O) groups is 1. The second-order valence-electron chi connectivity index (χ2n) is 5.23. The van der Waals surface area contributed by atoms with Gasteiger partial charge in [0.25, 0.3) is 0 Å². The molecule has 5 heteroatoms. The molecular formula is C19H24N2O3. The van der Waals surface area contributed by atoms with Crippen LogP contribution < -0.4 is 20.1 Å². The molecule has 24 heavy (non-hydrogen) atoms. The number of carbonyl (C=O) groups excluding carboxylic acids is 1. The number of hydrogen-bond acceptors (Lipinski definition) is 3. The molecule has 0 fully saturated rings. The standard InChI is InChI=1S/C19H24N2O3/c1-3-24-17-12-6-4-9-15(17)10-8-14-20-19(22)21-16-11-5-7-13-18(16)23-2/h4-7,9,11-13H,3,8,10,14H2,1-2H3,(H2,20,21,22). The molecule has 0 aliphatic carbocycles. The number of amides is 2. The molecule has 2 N–H and O–H groups in total. The molecule has 0 unspecified atom stereocenters. The van der Waals surface area contributed by atoms with E-state index in [0.29, 0.717) is 24.6 Å². The zero-order valence-corrected chi connectivity index (χ0v) is 14.2. The molecule has 2 aromatic carbocycles. The van der Waals surface area contributed by atoms with E-state index in [2.05, 4.69) is 16.7 Å². The summed E-state index contributed by atoms with van der Waals surface area (Å²) in [7, 11) is 1.58. The van der Waals surface area contributed by atoms with Crippen LogP contribution in [0.2, 0.25) is 0 Å². The lowest BCUT2D eigenvalue weighted by molar-refractivity contribution is 0.252. The maximum Gasteiger partial charge on any atom is 0.319 e. The van der Waals surface area contributed by atoms with Crippen molar-refractivity contribution in [3.63, 3.8) is 0 Å². The summed E-state index contributed by atoms with van der Waals surface area (Å²) < 4.78 is 10.8. The summed E-state index contributed by atoms with van der Waals surface area (Å²) >= 11 is 0. The van der Waals surface area contributed by atoms with Crippen molar-refractivity contribution >= 4 is 11.7 Å². The van der Waals surface area contributed by atoms with Crippen molar-refractivity contribution in [1.82, 2.24) is 5.32 Å². The number of anilines is 1. The van der Waals surface area contributed by atoms with Gasteiger partial charge in [0.1, 0.15) is 11.5 Å². The Morgan fingerprint density at radius 1 is 1.04 bits per heavy atom. The van der Waals surface area contributed by atoms with Crippen LogP contribution >= 0.6 is 0 Å². The summed E-state index contributed by atoms with van der Waals surface area (Å²) in [6.07, 6.45) is 1.69. The number of benzene rings is 2. The minimum Gasteiger partial charge on any atom is -0.495 e. The van der Waals surface area contributed by atoms with E-state index in [-0.39, 0.29) is 6.03 Å².